The number of carbonyl (C=O) groups is 1. The Balaban J connectivity index is 1.94. The van der Waals surface area contributed by atoms with Gasteiger partial charge in [0.1, 0.15) is 23.1 Å². The Morgan fingerprint density at radius 3 is 2.00 bits per heavy atom. The molecule has 0 aromatic heterocycles. The van der Waals surface area contributed by atoms with Gasteiger partial charge in [-0.1, -0.05) is 29.8 Å². The number of rotatable bonds is 5. The fraction of sp³-hybridized carbons (Fsp3) is 0.350. The van der Waals surface area contributed by atoms with E-state index in [0.717, 1.165) is 17.1 Å². The summed E-state index contributed by atoms with van der Waals surface area (Å²) in [5, 5.41) is 0. The van der Waals surface area contributed by atoms with Gasteiger partial charge in [0.05, 0.1) is 0 Å². The van der Waals surface area contributed by atoms with Crippen molar-refractivity contribution in [3.05, 3.63) is 59.7 Å². The van der Waals surface area contributed by atoms with Gasteiger partial charge in [0.25, 0.3) is 0 Å². The third-order valence-corrected chi connectivity index (χ3v) is 3.35. The summed E-state index contributed by atoms with van der Waals surface area (Å²) in [6, 6.07) is 14.8. The Morgan fingerprint density at radius 1 is 1.00 bits per heavy atom. The van der Waals surface area contributed by atoms with Gasteiger partial charge in [-0.15, -0.1) is 0 Å². The first kappa shape index (κ1) is 18.0. The Labute approximate surface area is 143 Å². The minimum Gasteiger partial charge on any atom is -0.459 e. The molecule has 0 saturated heterocycles. The summed E-state index contributed by atoms with van der Waals surface area (Å²) in [7, 11) is 0. The molecule has 0 aliphatic carbocycles. The van der Waals surface area contributed by atoms with Crippen molar-refractivity contribution < 1.29 is 14.3 Å². The van der Waals surface area contributed by atoms with Crippen LogP contribution in [0.1, 0.15) is 31.9 Å². The topological polar surface area (TPSA) is 61.5 Å². The molecule has 0 bridgehead atoms. The van der Waals surface area contributed by atoms with Gasteiger partial charge in [-0.2, -0.15) is 0 Å². The highest BCUT2D eigenvalue weighted by Gasteiger charge is 2.22. The van der Waals surface area contributed by atoms with Crippen molar-refractivity contribution in [3.63, 3.8) is 0 Å². The summed E-state index contributed by atoms with van der Waals surface area (Å²) in [5.74, 6) is 1.15. The maximum Gasteiger partial charge on any atom is 0.323 e. The van der Waals surface area contributed by atoms with Crippen LogP contribution in [0.4, 0.5) is 0 Å². The predicted octanol–water partition coefficient (Wildman–Crippen LogP) is 4.00. The maximum absolute atomic E-state index is 11.9. The smallest absolute Gasteiger partial charge is 0.323 e. The largest absolute Gasteiger partial charge is 0.459 e. The lowest BCUT2D eigenvalue weighted by atomic mass is 10.1. The molecule has 4 nitrogen and oxygen atoms in total. The van der Waals surface area contributed by atoms with Gasteiger partial charge in [0.2, 0.25) is 0 Å². The third kappa shape index (κ3) is 5.70. The Hall–Kier alpha value is -2.33. The molecule has 0 saturated carbocycles. The number of benzene rings is 2. The van der Waals surface area contributed by atoms with E-state index < -0.39 is 11.6 Å². The maximum atomic E-state index is 11.9. The zero-order chi connectivity index (χ0) is 17.7. The van der Waals surface area contributed by atoms with E-state index in [1.807, 2.05) is 76.2 Å². The highest BCUT2D eigenvalue weighted by molar-refractivity contribution is 5.76. The molecule has 1 atom stereocenters. The lowest BCUT2D eigenvalue weighted by molar-refractivity contribution is -0.156. The summed E-state index contributed by atoms with van der Waals surface area (Å²) >= 11 is 0. The lowest BCUT2D eigenvalue weighted by Gasteiger charge is -2.22. The summed E-state index contributed by atoms with van der Waals surface area (Å²) < 4.78 is 11.1. The normalized spacial score (nSPS) is 12.5. The van der Waals surface area contributed by atoms with Crippen LogP contribution in [0.3, 0.4) is 0 Å². The highest BCUT2D eigenvalue weighted by atomic mass is 16.6. The molecular formula is C20H25NO3. The Bertz CT molecular complexity index is 670. The van der Waals surface area contributed by atoms with Gasteiger partial charge in [-0.25, -0.2) is 0 Å². The van der Waals surface area contributed by atoms with Crippen LogP contribution in [0, 0.1) is 6.92 Å². The predicted molar refractivity (Wildman–Crippen MR) is 95.2 cm³/mol. The molecule has 0 heterocycles. The van der Waals surface area contributed by atoms with E-state index in [9.17, 15) is 4.79 Å². The van der Waals surface area contributed by atoms with Crippen molar-refractivity contribution in [2.24, 2.45) is 5.73 Å². The van der Waals surface area contributed by atoms with Crippen molar-refractivity contribution in [2.45, 2.75) is 45.8 Å². The Kier molecular flexibility index (Phi) is 5.62. The van der Waals surface area contributed by atoms with Crippen molar-refractivity contribution in [1.82, 2.24) is 0 Å². The van der Waals surface area contributed by atoms with Crippen LogP contribution in [-0.4, -0.2) is 17.6 Å². The average molecular weight is 327 g/mol. The molecule has 0 unspecified atom stereocenters. The molecule has 0 amide bonds. The fourth-order valence-corrected chi connectivity index (χ4v) is 2.15. The molecule has 2 rings (SSSR count). The van der Waals surface area contributed by atoms with Gasteiger partial charge in [0, 0.05) is 0 Å². The minimum absolute atomic E-state index is 0.387. The molecule has 2 N–H and O–H groups in total. The molecule has 0 fully saturated rings. The van der Waals surface area contributed by atoms with Crippen molar-refractivity contribution >= 4 is 5.97 Å². The van der Waals surface area contributed by atoms with Crippen molar-refractivity contribution in [3.8, 4) is 11.5 Å². The molecule has 0 aliphatic heterocycles. The van der Waals surface area contributed by atoms with E-state index in [1.54, 1.807) is 0 Å². The van der Waals surface area contributed by atoms with Crippen LogP contribution in [0.2, 0.25) is 0 Å². The molecule has 4 heteroatoms. The number of hydrogen-bond donors (Lipinski definition) is 1. The first-order valence-electron chi connectivity index (χ1n) is 8.05. The molecule has 128 valence electrons. The molecule has 24 heavy (non-hydrogen) atoms. The summed E-state index contributed by atoms with van der Waals surface area (Å²) in [6.07, 6.45) is 0.430. The monoisotopic (exact) mass is 327 g/mol. The first-order valence-corrected chi connectivity index (χ1v) is 8.05. The molecule has 2 aromatic carbocycles. The summed E-state index contributed by atoms with van der Waals surface area (Å²) in [4.78, 5) is 11.9. The van der Waals surface area contributed by atoms with E-state index in [-0.39, 0.29) is 5.97 Å². The lowest BCUT2D eigenvalue weighted by Crippen LogP contribution is -2.38. The minimum atomic E-state index is -0.673. The highest BCUT2D eigenvalue weighted by Crippen LogP contribution is 2.22. The van der Waals surface area contributed by atoms with Crippen LogP contribution in [0.5, 0.6) is 11.5 Å². The van der Waals surface area contributed by atoms with Crippen LogP contribution in [-0.2, 0) is 16.0 Å². The second-order valence-electron chi connectivity index (χ2n) is 6.90. The zero-order valence-corrected chi connectivity index (χ0v) is 14.7. The molecule has 0 spiro atoms. The van der Waals surface area contributed by atoms with Crippen molar-refractivity contribution in [1.29, 1.82) is 0 Å². The van der Waals surface area contributed by atoms with E-state index in [4.69, 9.17) is 15.2 Å². The fourth-order valence-electron chi connectivity index (χ4n) is 2.15. The molecule has 0 aliphatic rings. The number of hydrogen-bond acceptors (Lipinski definition) is 4. The first-order chi connectivity index (χ1) is 11.2. The quantitative estimate of drug-likeness (QED) is 0.843. The number of carbonyl (C=O) groups excluding carboxylic acids is 1. The van der Waals surface area contributed by atoms with Gasteiger partial charge in [-0.3, -0.25) is 4.79 Å². The second kappa shape index (κ2) is 7.49. The SMILES string of the molecule is Cc1ccc(Oc2ccc(C[C@H](N)C(=O)OC(C)(C)C)cc2)cc1. The van der Waals surface area contributed by atoms with Crippen LogP contribution in [0.25, 0.3) is 0 Å². The second-order valence-corrected chi connectivity index (χ2v) is 6.90. The van der Waals surface area contributed by atoms with Crippen LogP contribution in [0.15, 0.2) is 48.5 Å². The summed E-state index contributed by atoms with van der Waals surface area (Å²) in [6.45, 7) is 7.52. The van der Waals surface area contributed by atoms with Crippen LogP contribution >= 0.6 is 0 Å². The van der Waals surface area contributed by atoms with Gasteiger partial charge >= 0.3 is 5.97 Å². The third-order valence-electron chi connectivity index (χ3n) is 3.35. The van der Waals surface area contributed by atoms with Gasteiger partial charge in [-0.05, 0) is 63.9 Å². The van der Waals surface area contributed by atoms with E-state index in [0.29, 0.717) is 6.42 Å². The van der Waals surface area contributed by atoms with Crippen LogP contribution < -0.4 is 10.5 Å². The number of esters is 1. The van der Waals surface area contributed by atoms with E-state index in [2.05, 4.69) is 0 Å². The number of nitrogens with two attached hydrogens (primary N) is 1. The molecular weight excluding hydrogens is 302 g/mol. The van der Waals surface area contributed by atoms with E-state index in [1.165, 1.54) is 5.56 Å². The van der Waals surface area contributed by atoms with Crippen molar-refractivity contribution in [2.75, 3.05) is 0 Å². The molecule has 0 radical (unpaired) electrons. The van der Waals surface area contributed by atoms with E-state index >= 15 is 0 Å². The summed E-state index contributed by atoms with van der Waals surface area (Å²) in [5.41, 5.74) is 7.55. The van der Waals surface area contributed by atoms with Gasteiger partial charge in [0.15, 0.2) is 0 Å². The Morgan fingerprint density at radius 2 is 1.50 bits per heavy atom. The number of ether oxygens (including phenoxy) is 2. The number of aryl methyl sites for hydroxylation is 1. The zero-order valence-electron chi connectivity index (χ0n) is 14.7. The standard InChI is InChI=1S/C20H25NO3/c1-14-5-9-16(10-6-14)23-17-11-7-15(8-12-17)13-18(21)19(22)24-20(2,3)4/h5-12,18H,13,21H2,1-4H3/t18-/m0/s1. The molecule has 2 aromatic rings. The van der Waals surface area contributed by atoms with Gasteiger partial charge < -0.3 is 15.2 Å². The average Bonchev–Trinajstić information content (AvgIpc) is 2.50.